The predicted octanol–water partition coefficient (Wildman–Crippen LogP) is 3.64. The maximum Gasteiger partial charge on any atom is 0.219 e. The number of hydrogen-bond acceptors (Lipinski definition) is 6. The first-order valence-electron chi connectivity index (χ1n) is 10.8. The summed E-state index contributed by atoms with van der Waals surface area (Å²) < 4.78 is 24.5. The minimum Gasteiger partial charge on any atom is -0.496 e. The molecule has 2 aromatic rings. The van der Waals surface area contributed by atoms with Crippen molar-refractivity contribution in [2.75, 3.05) is 51.4 Å². The van der Waals surface area contributed by atoms with Crippen LogP contribution in [0, 0.1) is 3.57 Å². The summed E-state index contributed by atoms with van der Waals surface area (Å²) in [6.45, 7) is 7.66. The van der Waals surface area contributed by atoms with Crippen molar-refractivity contribution in [2.24, 2.45) is 0 Å². The number of benzene rings is 2. The topological polar surface area (TPSA) is 60.5 Å². The molecule has 2 aromatic carbocycles. The van der Waals surface area contributed by atoms with Crippen LogP contribution < -0.4 is 14.4 Å². The second kappa shape index (κ2) is 9.84. The van der Waals surface area contributed by atoms with Crippen LogP contribution in [0.4, 0.5) is 5.69 Å². The minimum atomic E-state index is -0.800. The van der Waals surface area contributed by atoms with E-state index in [1.165, 1.54) is 0 Å². The summed E-state index contributed by atoms with van der Waals surface area (Å²) in [6, 6.07) is 14.0. The lowest BCUT2D eigenvalue weighted by molar-refractivity contribution is -0.164. The van der Waals surface area contributed by atoms with Gasteiger partial charge in [-0.25, -0.2) is 0 Å². The first-order valence-corrected chi connectivity index (χ1v) is 11.8. The van der Waals surface area contributed by atoms with Gasteiger partial charge in [-0.1, -0.05) is 0 Å². The van der Waals surface area contributed by atoms with E-state index in [0.29, 0.717) is 13.2 Å². The summed E-state index contributed by atoms with van der Waals surface area (Å²) in [7, 11) is 1.66. The van der Waals surface area contributed by atoms with Crippen molar-refractivity contribution < 1.29 is 23.7 Å². The number of anilines is 1. The average Bonchev–Trinajstić information content (AvgIpc) is 3.20. The minimum absolute atomic E-state index is 0.143. The number of carbonyl (C=O) groups is 1. The number of carbonyl (C=O) groups excluding carboxylic acids is 1. The Bertz CT molecular complexity index is 946. The Morgan fingerprint density at radius 1 is 1.16 bits per heavy atom. The number of rotatable bonds is 6. The second-order valence-corrected chi connectivity index (χ2v) is 9.31. The monoisotopic (exact) mass is 552 g/mol. The summed E-state index contributed by atoms with van der Waals surface area (Å²) >= 11 is 2.25. The van der Waals surface area contributed by atoms with Crippen molar-refractivity contribution in [1.29, 1.82) is 0 Å². The zero-order valence-corrected chi connectivity index (χ0v) is 20.8. The molecule has 2 saturated heterocycles. The van der Waals surface area contributed by atoms with Crippen LogP contribution in [-0.4, -0.2) is 63.4 Å². The first kappa shape index (κ1) is 23.1. The maximum absolute atomic E-state index is 11.5. The Balaban J connectivity index is 1.29. The molecule has 0 aromatic heterocycles. The number of nitrogens with zero attached hydrogens (tertiary/aromatic N) is 2. The van der Waals surface area contributed by atoms with Crippen LogP contribution in [0.2, 0.25) is 0 Å². The van der Waals surface area contributed by atoms with E-state index in [1.54, 1.807) is 14.0 Å². The Morgan fingerprint density at radius 2 is 1.88 bits per heavy atom. The van der Waals surface area contributed by atoms with Gasteiger partial charge in [0.1, 0.15) is 24.2 Å². The van der Waals surface area contributed by atoms with Crippen LogP contribution in [0.15, 0.2) is 42.5 Å². The molecule has 7 nitrogen and oxygen atoms in total. The summed E-state index contributed by atoms with van der Waals surface area (Å²) in [4.78, 5) is 15.7. The summed E-state index contributed by atoms with van der Waals surface area (Å²) in [6.07, 6.45) is -0.154. The van der Waals surface area contributed by atoms with Gasteiger partial charge in [0.25, 0.3) is 0 Å². The third kappa shape index (κ3) is 5.13. The van der Waals surface area contributed by atoms with Crippen molar-refractivity contribution in [2.45, 2.75) is 25.7 Å². The van der Waals surface area contributed by atoms with Crippen molar-refractivity contribution in [1.82, 2.24) is 4.90 Å². The highest BCUT2D eigenvalue weighted by molar-refractivity contribution is 14.1. The van der Waals surface area contributed by atoms with E-state index in [4.69, 9.17) is 18.9 Å². The Labute approximate surface area is 202 Å². The molecule has 2 aliphatic rings. The molecule has 32 heavy (non-hydrogen) atoms. The van der Waals surface area contributed by atoms with Gasteiger partial charge in [-0.05, 0) is 72.0 Å². The fourth-order valence-electron chi connectivity index (χ4n) is 4.04. The van der Waals surface area contributed by atoms with Gasteiger partial charge in [-0.2, -0.15) is 0 Å². The van der Waals surface area contributed by atoms with E-state index in [2.05, 4.69) is 39.6 Å². The lowest BCUT2D eigenvalue weighted by Gasteiger charge is -2.35. The highest BCUT2D eigenvalue weighted by atomic mass is 127. The molecule has 2 atom stereocenters. The second-order valence-electron chi connectivity index (χ2n) is 8.14. The molecule has 0 N–H and O–H groups in total. The van der Waals surface area contributed by atoms with Gasteiger partial charge in [0.05, 0.1) is 17.3 Å². The van der Waals surface area contributed by atoms with Crippen LogP contribution in [0.5, 0.6) is 11.5 Å². The normalized spacial score (nSPS) is 23.3. The van der Waals surface area contributed by atoms with Gasteiger partial charge < -0.3 is 28.7 Å². The molecule has 2 heterocycles. The quantitative estimate of drug-likeness (QED) is 0.511. The van der Waals surface area contributed by atoms with Gasteiger partial charge >= 0.3 is 0 Å². The molecular formula is C24H29IN2O5. The van der Waals surface area contributed by atoms with Crippen LogP contribution in [0.25, 0.3) is 0 Å². The van der Waals surface area contributed by atoms with Crippen LogP contribution >= 0.6 is 22.6 Å². The number of ether oxygens (including phenoxy) is 4. The van der Waals surface area contributed by atoms with Gasteiger partial charge in [0.15, 0.2) is 5.79 Å². The van der Waals surface area contributed by atoms with Gasteiger partial charge in [0, 0.05) is 44.4 Å². The number of halogens is 1. The molecule has 172 valence electrons. The van der Waals surface area contributed by atoms with E-state index in [1.807, 2.05) is 42.2 Å². The Hall–Kier alpha value is -2.04. The van der Waals surface area contributed by atoms with E-state index in [0.717, 1.165) is 52.5 Å². The average molecular weight is 552 g/mol. The molecule has 0 saturated carbocycles. The van der Waals surface area contributed by atoms with Gasteiger partial charge in [-0.3, -0.25) is 4.79 Å². The van der Waals surface area contributed by atoms with Crippen LogP contribution in [0.1, 0.15) is 19.4 Å². The molecule has 2 aliphatic heterocycles. The lowest BCUT2D eigenvalue weighted by atomic mass is 10.1. The molecule has 2 fully saturated rings. The molecule has 0 radical (unpaired) electrons. The van der Waals surface area contributed by atoms with Crippen molar-refractivity contribution in [3.63, 3.8) is 0 Å². The fourth-order valence-corrected chi connectivity index (χ4v) is 4.78. The number of amides is 1. The molecule has 0 spiro atoms. The molecule has 0 bridgehead atoms. The number of hydrogen-bond donors (Lipinski definition) is 0. The number of methoxy groups -OCH3 is 1. The van der Waals surface area contributed by atoms with E-state index in [9.17, 15) is 4.79 Å². The Kier molecular flexibility index (Phi) is 7.11. The van der Waals surface area contributed by atoms with Crippen molar-refractivity contribution in [3.05, 3.63) is 51.6 Å². The lowest BCUT2D eigenvalue weighted by Crippen LogP contribution is -2.48. The molecule has 8 heteroatoms. The predicted molar refractivity (Wildman–Crippen MR) is 130 cm³/mol. The smallest absolute Gasteiger partial charge is 0.219 e. The maximum atomic E-state index is 11.5. The van der Waals surface area contributed by atoms with E-state index >= 15 is 0 Å². The molecule has 4 rings (SSSR count). The third-order valence-corrected chi connectivity index (χ3v) is 6.82. The molecule has 1 amide bonds. The van der Waals surface area contributed by atoms with Gasteiger partial charge in [0.2, 0.25) is 5.91 Å². The zero-order valence-electron chi connectivity index (χ0n) is 18.7. The molecule has 0 aliphatic carbocycles. The molecule has 0 unspecified atom stereocenters. The summed E-state index contributed by atoms with van der Waals surface area (Å²) in [5.41, 5.74) is 2.10. The summed E-state index contributed by atoms with van der Waals surface area (Å²) in [5.74, 6) is 0.975. The standard InChI is InChI=1S/C24H29IN2O5/c1-17(28)26-10-12-27(13-11-26)19-5-7-20(8-6-19)30-15-21-16-31-24(2,32-21)18-4-9-23(29-3)22(25)14-18/h4-9,14,21H,10-13,15-16H2,1-3H3/t21-,24+/m0/s1. The van der Waals surface area contributed by atoms with E-state index in [-0.39, 0.29) is 12.0 Å². The van der Waals surface area contributed by atoms with Crippen molar-refractivity contribution >= 4 is 34.2 Å². The van der Waals surface area contributed by atoms with Crippen molar-refractivity contribution in [3.8, 4) is 11.5 Å². The highest BCUT2D eigenvalue weighted by Gasteiger charge is 2.39. The fraction of sp³-hybridized carbons (Fsp3) is 0.458. The highest BCUT2D eigenvalue weighted by Crippen LogP contribution is 2.36. The largest absolute Gasteiger partial charge is 0.496 e. The van der Waals surface area contributed by atoms with Crippen LogP contribution in [0.3, 0.4) is 0 Å². The van der Waals surface area contributed by atoms with Crippen LogP contribution in [-0.2, 0) is 20.1 Å². The third-order valence-electron chi connectivity index (χ3n) is 5.98. The SMILES string of the molecule is COc1ccc([C@]2(C)OC[C@H](COc3ccc(N4CCN(C(C)=O)CC4)cc3)O2)cc1I. The Morgan fingerprint density at radius 3 is 2.50 bits per heavy atom. The summed E-state index contributed by atoms with van der Waals surface area (Å²) in [5, 5.41) is 0. The van der Waals surface area contributed by atoms with Gasteiger partial charge in [-0.15, -0.1) is 0 Å². The molecular weight excluding hydrogens is 523 g/mol. The first-order chi connectivity index (χ1) is 15.4. The van der Waals surface area contributed by atoms with E-state index < -0.39 is 5.79 Å². The number of piperazine rings is 1. The zero-order chi connectivity index (χ0) is 22.7.